The summed E-state index contributed by atoms with van der Waals surface area (Å²) < 4.78 is 5.89. The van der Waals surface area contributed by atoms with E-state index in [2.05, 4.69) is 26.1 Å². The van der Waals surface area contributed by atoms with E-state index in [9.17, 15) is 9.59 Å². The molecule has 0 radical (unpaired) electrons. The smallest absolute Gasteiger partial charge is 0.256 e. The zero-order valence-corrected chi connectivity index (χ0v) is 17.0. The summed E-state index contributed by atoms with van der Waals surface area (Å²) >= 11 is 3.39. The molecule has 2 aromatic rings. The van der Waals surface area contributed by atoms with Gasteiger partial charge in [-0.15, -0.1) is 0 Å². The van der Waals surface area contributed by atoms with Crippen molar-refractivity contribution in [2.75, 3.05) is 45.7 Å². The van der Waals surface area contributed by atoms with Gasteiger partial charge in [0, 0.05) is 31.7 Å². The van der Waals surface area contributed by atoms with Gasteiger partial charge in [-0.3, -0.25) is 9.59 Å². The molecule has 0 atom stereocenters. The van der Waals surface area contributed by atoms with Crippen LogP contribution in [0.2, 0.25) is 0 Å². The second-order valence-corrected chi connectivity index (χ2v) is 7.30. The third-order valence-corrected chi connectivity index (χ3v) is 5.23. The fourth-order valence-electron chi connectivity index (χ4n) is 2.96. The third-order valence-electron chi connectivity index (χ3n) is 4.61. The number of rotatable bonds is 4. The van der Waals surface area contributed by atoms with Gasteiger partial charge in [-0.05, 0) is 53.3 Å². The maximum absolute atomic E-state index is 12.9. The average Bonchev–Trinajstić information content (AvgIpc) is 2.68. The molecule has 2 aromatic carbocycles. The monoisotopic (exact) mass is 431 g/mol. The highest BCUT2D eigenvalue weighted by atomic mass is 79.9. The first-order chi connectivity index (χ1) is 13.0. The van der Waals surface area contributed by atoms with Crippen molar-refractivity contribution in [3.63, 3.8) is 0 Å². The van der Waals surface area contributed by atoms with Crippen molar-refractivity contribution in [3.05, 3.63) is 58.1 Å². The summed E-state index contributed by atoms with van der Waals surface area (Å²) in [7, 11) is 3.61. The number of methoxy groups -OCH3 is 1. The average molecular weight is 432 g/mol. The van der Waals surface area contributed by atoms with Crippen molar-refractivity contribution in [1.29, 1.82) is 0 Å². The van der Waals surface area contributed by atoms with E-state index in [1.807, 2.05) is 18.0 Å². The van der Waals surface area contributed by atoms with E-state index in [4.69, 9.17) is 4.74 Å². The lowest BCUT2D eigenvalue weighted by molar-refractivity contribution is 0.0665. The van der Waals surface area contributed by atoms with E-state index < -0.39 is 0 Å². The number of hydrogen-bond acceptors (Lipinski definition) is 4. The Kier molecular flexibility index (Phi) is 6.13. The molecule has 1 aliphatic rings. The Labute approximate surface area is 167 Å². The van der Waals surface area contributed by atoms with Gasteiger partial charge in [-0.2, -0.15) is 0 Å². The number of anilines is 1. The summed E-state index contributed by atoms with van der Waals surface area (Å²) in [4.78, 5) is 29.6. The number of nitrogens with zero attached hydrogens (tertiary/aromatic N) is 2. The fourth-order valence-corrected chi connectivity index (χ4v) is 3.50. The maximum Gasteiger partial charge on any atom is 0.256 e. The normalized spacial score (nSPS) is 14.7. The Hall–Kier alpha value is -2.38. The Morgan fingerprint density at radius 2 is 1.78 bits per heavy atom. The Balaban J connectivity index is 1.78. The SMILES string of the molecule is COc1ccc(C(=O)Nc2ccccc2C(=O)N2CCN(C)CC2)cc1Br. The molecule has 1 fully saturated rings. The van der Waals surface area contributed by atoms with E-state index in [-0.39, 0.29) is 11.8 Å². The maximum atomic E-state index is 12.9. The minimum atomic E-state index is -0.281. The Bertz CT molecular complexity index is 848. The molecule has 1 saturated heterocycles. The van der Waals surface area contributed by atoms with E-state index in [1.165, 1.54) is 0 Å². The topological polar surface area (TPSA) is 61.9 Å². The molecule has 0 aromatic heterocycles. The number of para-hydroxylation sites is 1. The molecule has 2 amide bonds. The molecule has 142 valence electrons. The highest BCUT2D eigenvalue weighted by molar-refractivity contribution is 9.10. The summed E-state index contributed by atoms with van der Waals surface area (Å²) in [6.07, 6.45) is 0. The lowest BCUT2D eigenvalue weighted by atomic mass is 10.1. The quantitative estimate of drug-likeness (QED) is 0.807. The molecule has 0 bridgehead atoms. The molecule has 0 unspecified atom stereocenters. The third kappa shape index (κ3) is 4.48. The molecule has 1 N–H and O–H groups in total. The number of hydrogen-bond donors (Lipinski definition) is 1. The van der Waals surface area contributed by atoms with Gasteiger partial charge >= 0.3 is 0 Å². The highest BCUT2D eigenvalue weighted by Gasteiger charge is 2.23. The molecule has 0 spiro atoms. The number of benzene rings is 2. The second kappa shape index (κ2) is 8.54. The Morgan fingerprint density at radius 1 is 1.07 bits per heavy atom. The zero-order valence-electron chi connectivity index (χ0n) is 15.4. The van der Waals surface area contributed by atoms with Crippen molar-refractivity contribution < 1.29 is 14.3 Å². The molecule has 6 nitrogen and oxygen atoms in total. The van der Waals surface area contributed by atoms with Gasteiger partial charge in [0.1, 0.15) is 5.75 Å². The van der Waals surface area contributed by atoms with E-state index >= 15 is 0 Å². The first-order valence-corrected chi connectivity index (χ1v) is 9.50. The first kappa shape index (κ1) is 19.4. The van der Waals surface area contributed by atoms with Crippen LogP contribution in [0.4, 0.5) is 5.69 Å². The number of carbonyl (C=O) groups is 2. The summed E-state index contributed by atoms with van der Waals surface area (Å²) in [6, 6.07) is 12.2. The predicted molar refractivity (Wildman–Crippen MR) is 108 cm³/mol. The molecule has 0 aliphatic carbocycles. The van der Waals surface area contributed by atoms with Gasteiger partial charge in [0.25, 0.3) is 11.8 Å². The van der Waals surface area contributed by atoms with E-state index in [1.54, 1.807) is 43.5 Å². The highest BCUT2D eigenvalue weighted by Crippen LogP contribution is 2.26. The molecule has 1 heterocycles. The van der Waals surface area contributed by atoms with Crippen LogP contribution in [0, 0.1) is 0 Å². The van der Waals surface area contributed by atoms with Gasteiger partial charge < -0.3 is 19.9 Å². The molecule has 1 aliphatic heterocycles. The van der Waals surface area contributed by atoms with Crippen LogP contribution in [0.5, 0.6) is 5.75 Å². The number of piperazine rings is 1. The lowest BCUT2D eigenvalue weighted by Gasteiger charge is -2.32. The second-order valence-electron chi connectivity index (χ2n) is 6.44. The molecule has 0 saturated carbocycles. The van der Waals surface area contributed by atoms with Crippen LogP contribution in [0.25, 0.3) is 0 Å². The number of ether oxygens (including phenoxy) is 1. The molecule has 7 heteroatoms. The van der Waals surface area contributed by atoms with Crippen molar-refractivity contribution in [2.45, 2.75) is 0 Å². The van der Waals surface area contributed by atoms with Gasteiger partial charge in [0.15, 0.2) is 0 Å². The number of halogens is 1. The van der Waals surface area contributed by atoms with Gasteiger partial charge in [0.05, 0.1) is 22.8 Å². The number of nitrogens with one attached hydrogen (secondary N) is 1. The van der Waals surface area contributed by atoms with Gasteiger partial charge in [0.2, 0.25) is 0 Å². The van der Waals surface area contributed by atoms with Crippen molar-refractivity contribution in [2.24, 2.45) is 0 Å². The van der Waals surface area contributed by atoms with Crippen LogP contribution in [0.1, 0.15) is 20.7 Å². The fraction of sp³-hybridized carbons (Fsp3) is 0.300. The minimum Gasteiger partial charge on any atom is -0.496 e. The largest absolute Gasteiger partial charge is 0.496 e. The molecular formula is C20H22BrN3O3. The van der Waals surface area contributed by atoms with Crippen LogP contribution < -0.4 is 10.1 Å². The molecule has 3 rings (SSSR count). The minimum absolute atomic E-state index is 0.0603. The van der Waals surface area contributed by atoms with Crippen LogP contribution >= 0.6 is 15.9 Å². The van der Waals surface area contributed by atoms with Crippen LogP contribution in [0.15, 0.2) is 46.9 Å². The van der Waals surface area contributed by atoms with Crippen molar-refractivity contribution in [1.82, 2.24) is 9.80 Å². The molecular weight excluding hydrogens is 410 g/mol. The van der Waals surface area contributed by atoms with Crippen molar-refractivity contribution in [3.8, 4) is 5.75 Å². The van der Waals surface area contributed by atoms with Gasteiger partial charge in [-0.1, -0.05) is 12.1 Å². The van der Waals surface area contributed by atoms with E-state index in [0.717, 1.165) is 13.1 Å². The van der Waals surface area contributed by atoms with E-state index in [0.29, 0.717) is 40.1 Å². The first-order valence-electron chi connectivity index (χ1n) is 8.71. The standard InChI is InChI=1S/C20H22BrN3O3/c1-23-9-11-24(12-10-23)20(26)15-5-3-4-6-17(15)22-19(25)14-7-8-18(27-2)16(21)13-14/h3-8,13H,9-12H2,1-2H3,(H,22,25). The Morgan fingerprint density at radius 3 is 2.44 bits per heavy atom. The van der Waals surface area contributed by atoms with Crippen LogP contribution in [0.3, 0.4) is 0 Å². The zero-order chi connectivity index (χ0) is 19.4. The van der Waals surface area contributed by atoms with Crippen LogP contribution in [-0.4, -0.2) is 62.0 Å². The van der Waals surface area contributed by atoms with Crippen LogP contribution in [-0.2, 0) is 0 Å². The van der Waals surface area contributed by atoms with Crippen molar-refractivity contribution >= 4 is 33.4 Å². The summed E-state index contributed by atoms with van der Waals surface area (Å²) in [5.41, 5.74) is 1.49. The summed E-state index contributed by atoms with van der Waals surface area (Å²) in [5, 5.41) is 2.86. The number of likely N-dealkylation sites (N-methyl/N-ethyl adjacent to an activating group) is 1. The lowest BCUT2D eigenvalue weighted by Crippen LogP contribution is -2.47. The number of amides is 2. The molecule has 27 heavy (non-hydrogen) atoms. The predicted octanol–water partition coefficient (Wildman–Crippen LogP) is 3.10. The van der Waals surface area contributed by atoms with Gasteiger partial charge in [-0.25, -0.2) is 0 Å². The summed E-state index contributed by atoms with van der Waals surface area (Å²) in [6.45, 7) is 3.06. The summed E-state index contributed by atoms with van der Waals surface area (Å²) in [5.74, 6) is 0.309. The number of carbonyl (C=O) groups excluding carboxylic acids is 2.